The fourth-order valence-corrected chi connectivity index (χ4v) is 4.98. The van der Waals surface area contributed by atoms with Crippen LogP contribution in [0.2, 0.25) is 0 Å². The molecule has 2 heterocycles. The van der Waals surface area contributed by atoms with Gasteiger partial charge in [-0.15, -0.1) is 0 Å². The first-order valence-electron chi connectivity index (χ1n) is 12.1. The van der Waals surface area contributed by atoms with E-state index in [2.05, 4.69) is 41.4 Å². The fraction of sp³-hybridized carbons (Fsp3) is 0.481. The average molecular weight is 450 g/mol. The Morgan fingerprint density at radius 3 is 2.21 bits per heavy atom. The third kappa shape index (κ3) is 5.45. The van der Waals surface area contributed by atoms with Crippen LogP contribution in [0.3, 0.4) is 0 Å². The molecule has 33 heavy (non-hydrogen) atoms. The summed E-state index contributed by atoms with van der Waals surface area (Å²) >= 11 is 0. The van der Waals surface area contributed by atoms with E-state index in [0.717, 1.165) is 38.0 Å². The lowest BCUT2D eigenvalue weighted by Crippen LogP contribution is -2.73. The molecule has 0 saturated carbocycles. The molecule has 0 aromatic heterocycles. The van der Waals surface area contributed by atoms with Crippen LogP contribution >= 0.6 is 0 Å². The van der Waals surface area contributed by atoms with E-state index in [0.29, 0.717) is 26.0 Å². The van der Waals surface area contributed by atoms with Crippen molar-refractivity contribution in [1.82, 2.24) is 15.1 Å². The summed E-state index contributed by atoms with van der Waals surface area (Å²) in [6.07, 6.45) is 3.18. The van der Waals surface area contributed by atoms with Crippen molar-refractivity contribution < 1.29 is 14.3 Å². The van der Waals surface area contributed by atoms with Crippen molar-refractivity contribution in [2.45, 2.75) is 50.8 Å². The maximum absolute atomic E-state index is 13.4. The Hall–Kier alpha value is -2.70. The molecule has 2 amide bonds. The van der Waals surface area contributed by atoms with E-state index in [-0.39, 0.29) is 18.4 Å². The number of piperidine rings is 1. The molecule has 1 atom stereocenters. The quantitative estimate of drug-likeness (QED) is 0.639. The summed E-state index contributed by atoms with van der Waals surface area (Å²) in [6.45, 7) is 5.90. The minimum absolute atomic E-state index is 0.0118. The largest absolute Gasteiger partial charge is 0.374 e. The number of piperazine rings is 1. The predicted octanol–water partition coefficient (Wildman–Crippen LogP) is 3.02. The van der Waals surface area contributed by atoms with Crippen molar-refractivity contribution in [3.8, 4) is 0 Å². The lowest BCUT2D eigenvalue weighted by Gasteiger charge is -2.51. The number of hydrogen-bond acceptors (Lipinski definition) is 4. The molecule has 1 N–H and O–H groups in total. The highest BCUT2D eigenvalue weighted by atomic mass is 16.5. The van der Waals surface area contributed by atoms with E-state index in [1.165, 1.54) is 5.56 Å². The fourth-order valence-electron chi connectivity index (χ4n) is 4.98. The summed E-state index contributed by atoms with van der Waals surface area (Å²) in [5.74, 6) is -0.0335. The van der Waals surface area contributed by atoms with E-state index < -0.39 is 11.6 Å². The van der Waals surface area contributed by atoms with Crippen molar-refractivity contribution in [3.63, 3.8) is 0 Å². The number of nitrogens with zero attached hydrogens (tertiary/aromatic N) is 2. The van der Waals surface area contributed by atoms with Gasteiger partial charge in [0.1, 0.15) is 11.6 Å². The summed E-state index contributed by atoms with van der Waals surface area (Å²) in [5, 5.41) is 3.00. The van der Waals surface area contributed by atoms with Crippen molar-refractivity contribution in [2.75, 3.05) is 32.8 Å². The van der Waals surface area contributed by atoms with Gasteiger partial charge in [0.15, 0.2) is 0 Å². The van der Waals surface area contributed by atoms with Gasteiger partial charge in [-0.25, -0.2) is 0 Å². The van der Waals surface area contributed by atoms with Crippen LogP contribution < -0.4 is 5.32 Å². The summed E-state index contributed by atoms with van der Waals surface area (Å²) in [7, 11) is 0. The van der Waals surface area contributed by atoms with Crippen molar-refractivity contribution in [2.24, 2.45) is 0 Å². The van der Waals surface area contributed by atoms with Gasteiger partial charge in [0.05, 0.1) is 13.2 Å². The molecule has 2 aromatic rings. The highest BCUT2D eigenvalue weighted by Crippen LogP contribution is 2.33. The van der Waals surface area contributed by atoms with Crippen molar-refractivity contribution >= 4 is 11.8 Å². The third-order valence-electron chi connectivity index (χ3n) is 6.89. The molecule has 2 aliphatic rings. The van der Waals surface area contributed by atoms with Crippen molar-refractivity contribution in [3.05, 3.63) is 71.8 Å². The number of hydrogen-bond donors (Lipinski definition) is 1. The van der Waals surface area contributed by atoms with E-state index in [9.17, 15) is 9.59 Å². The number of likely N-dealkylation sites (tertiary alicyclic amines) is 1. The molecular formula is C27H35N3O3. The van der Waals surface area contributed by atoms with Gasteiger partial charge in [0.2, 0.25) is 11.8 Å². The minimum atomic E-state index is -0.730. The molecule has 1 unspecified atom stereocenters. The van der Waals surface area contributed by atoms with Crippen LogP contribution in [-0.4, -0.2) is 66.0 Å². The second-order valence-electron chi connectivity index (χ2n) is 9.13. The van der Waals surface area contributed by atoms with Gasteiger partial charge < -0.3 is 19.9 Å². The SMILES string of the molecule is CCCN1C(=O)C(COCc2ccccc2)NC(=O)C12CCN(CCc1ccccc1)CC2. The number of nitrogens with one attached hydrogen (secondary N) is 1. The van der Waals surface area contributed by atoms with Gasteiger partial charge in [-0.3, -0.25) is 9.59 Å². The van der Waals surface area contributed by atoms with Crippen LogP contribution in [0.15, 0.2) is 60.7 Å². The van der Waals surface area contributed by atoms with E-state index in [4.69, 9.17) is 4.74 Å². The molecule has 6 heteroatoms. The number of ether oxygens (including phenoxy) is 1. The van der Waals surface area contributed by atoms with Crippen LogP contribution in [0.4, 0.5) is 0 Å². The summed E-state index contributed by atoms with van der Waals surface area (Å²) in [6, 6.07) is 19.7. The second kappa shape index (κ2) is 10.9. The Bertz CT molecular complexity index is 911. The molecule has 4 rings (SSSR count). The molecular weight excluding hydrogens is 414 g/mol. The van der Waals surface area contributed by atoms with Crippen LogP contribution in [0.25, 0.3) is 0 Å². The minimum Gasteiger partial charge on any atom is -0.374 e. The Labute approximate surface area is 196 Å². The summed E-state index contributed by atoms with van der Waals surface area (Å²) < 4.78 is 5.80. The molecule has 2 saturated heterocycles. The van der Waals surface area contributed by atoms with Gasteiger partial charge in [0, 0.05) is 26.2 Å². The molecule has 2 aliphatic heterocycles. The van der Waals surface area contributed by atoms with Crippen LogP contribution in [0.5, 0.6) is 0 Å². The van der Waals surface area contributed by atoms with Gasteiger partial charge in [-0.1, -0.05) is 67.6 Å². The lowest BCUT2D eigenvalue weighted by atomic mass is 9.81. The number of benzene rings is 2. The zero-order valence-corrected chi connectivity index (χ0v) is 19.5. The number of rotatable bonds is 9. The lowest BCUT2D eigenvalue weighted by molar-refractivity contribution is -0.163. The molecule has 0 bridgehead atoms. The summed E-state index contributed by atoms with van der Waals surface area (Å²) in [5.41, 5.74) is 1.65. The molecule has 2 aromatic carbocycles. The maximum atomic E-state index is 13.4. The second-order valence-corrected chi connectivity index (χ2v) is 9.13. The van der Waals surface area contributed by atoms with E-state index in [1.54, 1.807) is 0 Å². The standard InChI is InChI=1S/C27H35N3O3/c1-2-16-30-25(31)24(21-33-20-23-11-7-4-8-12-23)28-26(32)27(30)14-18-29(19-15-27)17-13-22-9-5-3-6-10-22/h3-12,24H,2,13-21H2,1H3,(H,28,32). The Balaban J connectivity index is 1.35. The molecule has 176 valence electrons. The molecule has 0 radical (unpaired) electrons. The molecule has 2 fully saturated rings. The van der Waals surface area contributed by atoms with Gasteiger partial charge in [-0.2, -0.15) is 0 Å². The molecule has 6 nitrogen and oxygen atoms in total. The first-order valence-corrected chi connectivity index (χ1v) is 12.1. The maximum Gasteiger partial charge on any atom is 0.248 e. The van der Waals surface area contributed by atoms with E-state index in [1.807, 2.05) is 41.3 Å². The van der Waals surface area contributed by atoms with Gasteiger partial charge >= 0.3 is 0 Å². The smallest absolute Gasteiger partial charge is 0.248 e. The zero-order valence-electron chi connectivity index (χ0n) is 19.5. The van der Waals surface area contributed by atoms with Crippen LogP contribution in [0.1, 0.15) is 37.3 Å². The normalized spacial score (nSPS) is 20.8. The van der Waals surface area contributed by atoms with Crippen LogP contribution in [-0.2, 0) is 27.4 Å². The van der Waals surface area contributed by atoms with Gasteiger partial charge in [0.25, 0.3) is 0 Å². The third-order valence-corrected chi connectivity index (χ3v) is 6.89. The number of carbonyl (C=O) groups is 2. The Morgan fingerprint density at radius 1 is 0.939 bits per heavy atom. The zero-order chi connectivity index (χ0) is 23.1. The Kier molecular flexibility index (Phi) is 7.78. The number of carbonyl (C=O) groups excluding carboxylic acids is 2. The first kappa shape index (κ1) is 23.5. The first-order chi connectivity index (χ1) is 16.1. The Morgan fingerprint density at radius 2 is 1.58 bits per heavy atom. The molecule has 0 aliphatic carbocycles. The molecule has 1 spiro atoms. The summed E-state index contributed by atoms with van der Waals surface area (Å²) in [4.78, 5) is 31.0. The highest BCUT2D eigenvalue weighted by molar-refractivity contribution is 6.00. The highest BCUT2D eigenvalue weighted by Gasteiger charge is 2.53. The average Bonchev–Trinajstić information content (AvgIpc) is 2.86. The number of amides is 2. The van der Waals surface area contributed by atoms with Gasteiger partial charge in [-0.05, 0) is 36.8 Å². The van der Waals surface area contributed by atoms with Crippen LogP contribution in [0, 0.1) is 0 Å². The topological polar surface area (TPSA) is 61.9 Å². The van der Waals surface area contributed by atoms with E-state index >= 15 is 0 Å². The van der Waals surface area contributed by atoms with Crippen molar-refractivity contribution in [1.29, 1.82) is 0 Å². The monoisotopic (exact) mass is 449 g/mol. The predicted molar refractivity (Wildman–Crippen MR) is 129 cm³/mol.